The normalized spacial score (nSPS) is 7.10. The van der Waals surface area contributed by atoms with E-state index < -0.39 is 0 Å². The van der Waals surface area contributed by atoms with Gasteiger partial charge >= 0.3 is 0 Å². The van der Waals surface area contributed by atoms with Crippen LogP contribution in [-0.2, 0) is 0 Å². The Morgan fingerprint density at radius 3 is 1.90 bits per heavy atom. The minimum absolute atomic E-state index is 0.925. The largest absolute Gasteiger partial charge is 0.299 e. The molecule has 10 heavy (non-hydrogen) atoms. The molecule has 1 N–H and O–H groups in total. The molecule has 0 aliphatic carbocycles. The summed E-state index contributed by atoms with van der Waals surface area (Å²) in [4.78, 5) is 2.50. The van der Waals surface area contributed by atoms with E-state index in [4.69, 9.17) is 22.6 Å². The van der Waals surface area contributed by atoms with Crippen LogP contribution in [0.5, 0.6) is 0 Å². The van der Waals surface area contributed by atoms with Crippen LogP contribution in [0.1, 0.15) is 0 Å². The number of benzene rings is 1. The Morgan fingerprint density at radius 1 is 1.10 bits per heavy atom. The number of halogens is 1. The Hall–Kier alpha value is -1.27. The van der Waals surface area contributed by atoms with Gasteiger partial charge in [0.25, 0.3) is 0 Å². The smallest absolute Gasteiger partial charge is 0.0491 e. The van der Waals surface area contributed by atoms with Crippen LogP contribution < -0.4 is 4.84 Å². The fourth-order valence-electron chi connectivity index (χ4n) is 0.501. The zero-order valence-corrected chi connectivity index (χ0v) is 5.92. The Bertz CT molecular complexity index is 185. The molecule has 1 rings (SSSR count). The van der Waals surface area contributed by atoms with Gasteiger partial charge in [0.2, 0.25) is 0 Å². The fourth-order valence-corrected chi connectivity index (χ4v) is 0.627. The second kappa shape index (κ2) is 5.86. The highest BCUT2D eigenvalue weighted by Crippen LogP contribution is 2.04. The molecule has 0 aromatic heterocycles. The average molecular weight is 156 g/mol. The maximum atomic E-state index is 6.00. The number of para-hydroxylation sites is 1. The summed E-state index contributed by atoms with van der Waals surface area (Å²) >= 11 is 5.28. The molecule has 1 aromatic carbocycles. The first-order valence-corrected chi connectivity index (χ1v) is 2.93. The van der Waals surface area contributed by atoms with E-state index in [0.29, 0.717) is 0 Å². The van der Waals surface area contributed by atoms with Crippen molar-refractivity contribution < 1.29 is 0 Å². The summed E-state index contributed by atoms with van der Waals surface area (Å²) < 4.78 is 0. The molecule has 0 aliphatic rings. The topological polar surface area (TPSA) is 59.6 Å². The molecule has 0 amide bonds. The van der Waals surface area contributed by atoms with Gasteiger partial charge in [-0.1, -0.05) is 18.2 Å². The second-order valence-corrected chi connectivity index (χ2v) is 1.65. The maximum Gasteiger partial charge on any atom is 0.0491 e. The Labute approximate surface area is 64.2 Å². The number of nitrogens with one attached hydrogen (secondary N) is 1. The summed E-state index contributed by atoms with van der Waals surface area (Å²) in [6.07, 6.45) is 0. The molecular weight excluding hydrogens is 150 g/mol. The van der Waals surface area contributed by atoms with Gasteiger partial charge in [-0.2, -0.15) is 0 Å². The van der Waals surface area contributed by atoms with Crippen molar-refractivity contribution in [2.75, 3.05) is 4.84 Å². The first-order chi connectivity index (χ1) is 4.93. The molecule has 0 radical (unpaired) electrons. The molecule has 0 spiro atoms. The van der Waals surface area contributed by atoms with E-state index >= 15 is 0 Å². The Balaban J connectivity index is 0.000000371. The van der Waals surface area contributed by atoms with Crippen molar-refractivity contribution in [2.24, 2.45) is 0 Å². The molecule has 3 nitrogen and oxygen atoms in total. The number of anilines is 1. The third kappa shape index (κ3) is 2.90. The predicted octanol–water partition coefficient (Wildman–Crippen LogP) is 2.28. The van der Waals surface area contributed by atoms with Gasteiger partial charge in [-0.25, -0.2) is 0 Å². The molecule has 0 unspecified atom stereocenters. The molecular formula is C6H6ClN3. The van der Waals surface area contributed by atoms with Crippen LogP contribution >= 0.6 is 11.8 Å². The first kappa shape index (κ1) is 8.73. The molecule has 0 bridgehead atoms. The van der Waals surface area contributed by atoms with Gasteiger partial charge < -0.3 is 0 Å². The molecule has 1 aromatic rings. The van der Waals surface area contributed by atoms with Gasteiger partial charge in [0.1, 0.15) is 0 Å². The van der Waals surface area contributed by atoms with Gasteiger partial charge in [0.15, 0.2) is 0 Å². The van der Waals surface area contributed by atoms with Crippen molar-refractivity contribution in [3.05, 3.63) is 30.3 Å². The zero-order valence-electron chi connectivity index (χ0n) is 5.16. The average Bonchev–Trinajstić information content (AvgIpc) is 2.10. The first-order valence-electron chi connectivity index (χ1n) is 2.55. The number of hydrogen-bond donors (Lipinski definition) is 1. The van der Waals surface area contributed by atoms with Crippen LogP contribution in [-0.4, -0.2) is 0 Å². The SMILES string of the molecule is ClNc1ccccc1.N#N. The standard InChI is InChI=1S/C6H6ClN.N2/c7-8-6-4-2-1-3-5-6;1-2/h1-5,8H;. The van der Waals surface area contributed by atoms with E-state index in [2.05, 4.69) is 4.84 Å². The summed E-state index contributed by atoms with van der Waals surface area (Å²) in [7, 11) is 0. The highest BCUT2D eigenvalue weighted by molar-refractivity contribution is 6.23. The van der Waals surface area contributed by atoms with Crippen molar-refractivity contribution in [1.82, 2.24) is 0 Å². The van der Waals surface area contributed by atoms with Crippen LogP contribution in [0.3, 0.4) is 0 Å². The zero-order chi connectivity index (χ0) is 7.82. The fraction of sp³-hybridized carbons (Fsp3) is 0. The van der Waals surface area contributed by atoms with Crippen molar-refractivity contribution in [3.63, 3.8) is 0 Å². The molecule has 0 saturated carbocycles. The van der Waals surface area contributed by atoms with Crippen molar-refractivity contribution in [3.8, 4) is 0 Å². The van der Waals surface area contributed by atoms with E-state index in [1.165, 1.54) is 0 Å². The van der Waals surface area contributed by atoms with Gasteiger partial charge in [0, 0.05) is 28.2 Å². The Kier molecular flexibility index (Phi) is 5.12. The van der Waals surface area contributed by atoms with Crippen LogP contribution in [0.2, 0.25) is 0 Å². The lowest BCUT2D eigenvalue weighted by atomic mass is 10.3. The molecule has 0 aliphatic heterocycles. The van der Waals surface area contributed by atoms with Crippen LogP contribution in [0.15, 0.2) is 30.3 Å². The minimum Gasteiger partial charge on any atom is -0.299 e. The van der Waals surface area contributed by atoms with Crippen LogP contribution in [0.4, 0.5) is 5.69 Å². The van der Waals surface area contributed by atoms with Gasteiger partial charge in [-0.15, -0.1) is 0 Å². The second-order valence-electron chi connectivity index (χ2n) is 1.46. The van der Waals surface area contributed by atoms with Crippen LogP contribution in [0.25, 0.3) is 0 Å². The predicted molar refractivity (Wildman–Crippen MR) is 39.4 cm³/mol. The van der Waals surface area contributed by atoms with Gasteiger partial charge in [0.05, 0.1) is 0 Å². The van der Waals surface area contributed by atoms with E-state index in [0.717, 1.165) is 5.69 Å². The minimum atomic E-state index is 0.925. The van der Waals surface area contributed by atoms with Crippen LogP contribution in [0, 0.1) is 10.8 Å². The lowest BCUT2D eigenvalue weighted by Gasteiger charge is -1.91. The Morgan fingerprint density at radius 2 is 1.60 bits per heavy atom. The molecule has 0 fully saturated rings. The third-order valence-corrected chi connectivity index (χ3v) is 1.10. The summed E-state index contributed by atoms with van der Waals surface area (Å²) in [5.41, 5.74) is 0.925. The lowest BCUT2D eigenvalue weighted by Crippen LogP contribution is -1.75. The number of rotatable bonds is 1. The van der Waals surface area contributed by atoms with Gasteiger partial charge in [-0.3, -0.25) is 4.84 Å². The van der Waals surface area contributed by atoms with Crippen molar-refractivity contribution >= 4 is 17.5 Å². The number of hydrogen-bond acceptors (Lipinski definition) is 3. The quantitative estimate of drug-likeness (QED) is 0.500. The maximum absolute atomic E-state index is 6.00. The van der Waals surface area contributed by atoms with E-state index in [9.17, 15) is 0 Å². The van der Waals surface area contributed by atoms with Crippen molar-refractivity contribution in [1.29, 1.82) is 10.8 Å². The summed E-state index contributed by atoms with van der Waals surface area (Å²) in [5, 5.41) is 12.0. The third-order valence-electron chi connectivity index (χ3n) is 0.883. The molecule has 0 heterocycles. The molecule has 0 atom stereocenters. The summed E-state index contributed by atoms with van der Waals surface area (Å²) in [5.74, 6) is 0. The lowest BCUT2D eigenvalue weighted by molar-refractivity contribution is 1.15. The van der Waals surface area contributed by atoms with E-state index in [-0.39, 0.29) is 0 Å². The monoisotopic (exact) mass is 155 g/mol. The molecule has 52 valence electrons. The molecule has 4 heteroatoms. The summed E-state index contributed by atoms with van der Waals surface area (Å²) in [6.45, 7) is 0. The molecule has 0 saturated heterocycles. The highest BCUT2D eigenvalue weighted by atomic mass is 35.5. The van der Waals surface area contributed by atoms with Gasteiger partial charge in [-0.05, 0) is 12.1 Å². The van der Waals surface area contributed by atoms with Crippen molar-refractivity contribution in [2.45, 2.75) is 0 Å². The van der Waals surface area contributed by atoms with E-state index in [1.807, 2.05) is 30.3 Å². The summed E-state index contributed by atoms with van der Waals surface area (Å²) in [6, 6.07) is 9.58. The highest BCUT2D eigenvalue weighted by Gasteiger charge is 1.79. The van der Waals surface area contributed by atoms with E-state index in [1.54, 1.807) is 0 Å². The number of nitrogens with zero attached hydrogens (tertiary/aromatic N) is 2.